The lowest BCUT2D eigenvalue weighted by atomic mass is 9.94. The average molecular weight is 209 g/mol. The smallest absolute Gasteiger partial charge is 0.314 e. The molecule has 1 saturated carbocycles. The molecular weight excluding hydrogens is 191 g/mol. The predicted octanol–water partition coefficient (Wildman–Crippen LogP) is 3.11. The van der Waals surface area contributed by atoms with Gasteiger partial charge in [-0.3, -0.25) is 0 Å². The van der Waals surface area contributed by atoms with Crippen LogP contribution in [0, 0.1) is 5.41 Å². The van der Waals surface area contributed by atoms with Gasteiger partial charge >= 0.3 is 6.18 Å². The fraction of sp³-hybridized carbons (Fsp3) is 1.00. The summed E-state index contributed by atoms with van der Waals surface area (Å²) in [4.78, 5) is 0. The molecule has 0 bridgehead atoms. The summed E-state index contributed by atoms with van der Waals surface area (Å²) in [5.41, 5.74) is 0.126. The van der Waals surface area contributed by atoms with E-state index in [1.807, 2.05) is 6.92 Å². The van der Waals surface area contributed by atoms with Crippen molar-refractivity contribution in [2.24, 2.45) is 5.41 Å². The molecule has 14 heavy (non-hydrogen) atoms. The summed E-state index contributed by atoms with van der Waals surface area (Å²) in [6, 6.07) is 0.0362. The summed E-state index contributed by atoms with van der Waals surface area (Å²) < 4.78 is 36.1. The highest BCUT2D eigenvalue weighted by molar-refractivity contribution is 4.98. The molecule has 0 aliphatic heterocycles. The highest BCUT2D eigenvalue weighted by Crippen LogP contribution is 2.49. The van der Waals surface area contributed by atoms with Crippen LogP contribution < -0.4 is 5.32 Å². The second kappa shape index (κ2) is 4.09. The summed E-state index contributed by atoms with van der Waals surface area (Å²) in [5, 5.41) is 3.16. The van der Waals surface area contributed by atoms with Crippen molar-refractivity contribution in [1.29, 1.82) is 0 Å². The molecule has 1 N–H and O–H groups in total. The normalized spacial score (nSPS) is 22.1. The molecule has 0 amide bonds. The molecule has 1 aliphatic rings. The topological polar surface area (TPSA) is 12.0 Å². The molecular formula is C10H18F3N. The van der Waals surface area contributed by atoms with Crippen LogP contribution in [-0.2, 0) is 0 Å². The summed E-state index contributed by atoms with van der Waals surface area (Å²) >= 11 is 0. The molecule has 1 nitrogen and oxygen atoms in total. The fourth-order valence-corrected chi connectivity index (χ4v) is 1.80. The van der Waals surface area contributed by atoms with Gasteiger partial charge in [-0.05, 0) is 31.2 Å². The molecule has 0 radical (unpaired) electrons. The van der Waals surface area contributed by atoms with Crippen LogP contribution in [-0.4, -0.2) is 18.8 Å². The number of hydrogen-bond acceptors (Lipinski definition) is 1. The van der Waals surface area contributed by atoms with Crippen molar-refractivity contribution >= 4 is 0 Å². The quantitative estimate of drug-likeness (QED) is 0.733. The fourth-order valence-electron chi connectivity index (χ4n) is 1.80. The van der Waals surface area contributed by atoms with Crippen molar-refractivity contribution in [3.8, 4) is 0 Å². The lowest BCUT2D eigenvalue weighted by Crippen LogP contribution is -2.37. The van der Waals surface area contributed by atoms with Crippen molar-refractivity contribution in [2.75, 3.05) is 6.54 Å². The Morgan fingerprint density at radius 1 is 1.36 bits per heavy atom. The molecule has 1 unspecified atom stereocenters. The Balaban J connectivity index is 2.37. The molecule has 1 fully saturated rings. The van der Waals surface area contributed by atoms with Crippen molar-refractivity contribution in [3.05, 3.63) is 0 Å². The Kier molecular flexibility index (Phi) is 3.45. The number of hydrogen-bond donors (Lipinski definition) is 1. The van der Waals surface area contributed by atoms with Gasteiger partial charge < -0.3 is 5.32 Å². The van der Waals surface area contributed by atoms with Crippen molar-refractivity contribution < 1.29 is 13.2 Å². The molecule has 4 heteroatoms. The zero-order valence-corrected chi connectivity index (χ0v) is 8.75. The third kappa shape index (κ3) is 3.48. The van der Waals surface area contributed by atoms with Gasteiger partial charge in [0, 0.05) is 12.5 Å². The zero-order valence-electron chi connectivity index (χ0n) is 8.75. The minimum absolute atomic E-state index is 0.0362. The minimum atomic E-state index is -4.01. The first-order valence-electron chi connectivity index (χ1n) is 5.17. The van der Waals surface area contributed by atoms with Crippen LogP contribution in [0.1, 0.15) is 39.5 Å². The van der Waals surface area contributed by atoms with Crippen LogP contribution in [0.2, 0.25) is 0 Å². The van der Waals surface area contributed by atoms with Crippen LogP contribution >= 0.6 is 0 Å². The van der Waals surface area contributed by atoms with E-state index in [0.717, 1.165) is 19.4 Å². The molecule has 1 rings (SSSR count). The maximum absolute atomic E-state index is 12.0. The minimum Gasteiger partial charge on any atom is -0.314 e. The van der Waals surface area contributed by atoms with Crippen LogP contribution in [0.25, 0.3) is 0 Å². The Hall–Kier alpha value is -0.250. The van der Waals surface area contributed by atoms with Gasteiger partial charge in [-0.1, -0.05) is 13.8 Å². The third-order valence-corrected chi connectivity index (χ3v) is 3.05. The van der Waals surface area contributed by atoms with Crippen molar-refractivity contribution in [3.63, 3.8) is 0 Å². The number of rotatable bonds is 5. The van der Waals surface area contributed by atoms with E-state index in [1.54, 1.807) is 0 Å². The third-order valence-electron chi connectivity index (χ3n) is 3.05. The number of halogens is 3. The Morgan fingerprint density at radius 3 is 2.29 bits per heavy atom. The first kappa shape index (κ1) is 11.8. The Bertz CT molecular complexity index is 184. The maximum atomic E-state index is 12.0. The first-order chi connectivity index (χ1) is 6.37. The van der Waals surface area contributed by atoms with E-state index in [2.05, 4.69) is 12.2 Å². The average Bonchev–Trinajstić information content (AvgIpc) is 2.76. The van der Waals surface area contributed by atoms with Gasteiger partial charge in [-0.2, -0.15) is 13.2 Å². The standard InChI is InChI=1S/C10H18F3N/c1-3-14-8(9(2)6-7-9)4-5-10(11,12)13/h8,14H,3-7H2,1-2H3. The molecule has 0 aromatic carbocycles. The molecule has 1 atom stereocenters. The number of nitrogens with one attached hydrogen (secondary N) is 1. The van der Waals surface area contributed by atoms with Crippen LogP contribution in [0.3, 0.4) is 0 Å². The highest BCUT2D eigenvalue weighted by Gasteiger charge is 2.45. The van der Waals surface area contributed by atoms with Gasteiger partial charge in [-0.25, -0.2) is 0 Å². The van der Waals surface area contributed by atoms with E-state index in [0.29, 0.717) is 0 Å². The van der Waals surface area contributed by atoms with Gasteiger partial charge in [0.15, 0.2) is 0 Å². The van der Waals surface area contributed by atoms with E-state index in [4.69, 9.17) is 0 Å². The Labute approximate surface area is 83.1 Å². The van der Waals surface area contributed by atoms with E-state index in [9.17, 15) is 13.2 Å². The summed E-state index contributed by atoms with van der Waals surface area (Å²) in [6.45, 7) is 4.75. The van der Waals surface area contributed by atoms with Gasteiger partial charge in [0.05, 0.1) is 0 Å². The summed E-state index contributed by atoms with van der Waals surface area (Å²) in [5.74, 6) is 0. The maximum Gasteiger partial charge on any atom is 0.389 e. The first-order valence-corrected chi connectivity index (χ1v) is 5.17. The van der Waals surface area contributed by atoms with E-state index >= 15 is 0 Å². The van der Waals surface area contributed by atoms with Gasteiger partial charge in [0.1, 0.15) is 0 Å². The van der Waals surface area contributed by atoms with Gasteiger partial charge in [0.2, 0.25) is 0 Å². The molecule has 0 heterocycles. The van der Waals surface area contributed by atoms with E-state index in [-0.39, 0.29) is 17.9 Å². The largest absolute Gasteiger partial charge is 0.389 e. The molecule has 1 aliphatic carbocycles. The summed E-state index contributed by atoms with van der Waals surface area (Å²) in [7, 11) is 0. The van der Waals surface area contributed by atoms with E-state index < -0.39 is 12.6 Å². The van der Waals surface area contributed by atoms with Gasteiger partial charge in [-0.15, -0.1) is 0 Å². The lowest BCUT2D eigenvalue weighted by Gasteiger charge is -2.24. The lowest BCUT2D eigenvalue weighted by molar-refractivity contribution is -0.137. The van der Waals surface area contributed by atoms with Crippen molar-refractivity contribution in [2.45, 2.75) is 51.7 Å². The van der Waals surface area contributed by atoms with Crippen LogP contribution in [0.5, 0.6) is 0 Å². The van der Waals surface area contributed by atoms with Crippen molar-refractivity contribution in [1.82, 2.24) is 5.32 Å². The summed E-state index contributed by atoms with van der Waals surface area (Å²) in [6.07, 6.45) is -2.35. The second-order valence-electron chi connectivity index (χ2n) is 4.42. The predicted molar refractivity (Wildman–Crippen MR) is 50.1 cm³/mol. The van der Waals surface area contributed by atoms with Crippen LogP contribution in [0.15, 0.2) is 0 Å². The second-order valence-corrected chi connectivity index (χ2v) is 4.42. The van der Waals surface area contributed by atoms with E-state index in [1.165, 1.54) is 0 Å². The monoisotopic (exact) mass is 209 g/mol. The Morgan fingerprint density at radius 2 is 1.93 bits per heavy atom. The molecule has 84 valence electrons. The molecule has 0 aromatic rings. The molecule has 0 aromatic heterocycles. The molecule has 0 saturated heterocycles. The molecule has 0 spiro atoms. The zero-order chi connectivity index (χ0) is 10.8. The van der Waals surface area contributed by atoms with Gasteiger partial charge in [0.25, 0.3) is 0 Å². The number of alkyl halides is 3. The SMILES string of the molecule is CCNC(CCC(F)(F)F)C1(C)CC1. The van der Waals surface area contributed by atoms with Crippen LogP contribution in [0.4, 0.5) is 13.2 Å². The highest BCUT2D eigenvalue weighted by atomic mass is 19.4.